The van der Waals surface area contributed by atoms with Crippen molar-refractivity contribution in [2.75, 3.05) is 6.61 Å². The second kappa shape index (κ2) is 9.44. The number of hydrogen-bond donors (Lipinski definition) is 2. The Morgan fingerprint density at radius 3 is 2.61 bits per heavy atom. The molecule has 0 saturated carbocycles. The van der Waals surface area contributed by atoms with E-state index in [2.05, 4.69) is 32.9 Å². The summed E-state index contributed by atoms with van der Waals surface area (Å²) in [6.07, 6.45) is 1.34. The monoisotopic (exact) mass is 448 g/mol. The topological polar surface area (TPSA) is 76.0 Å². The molecule has 2 atom stereocenters. The first-order valence-corrected chi connectivity index (χ1v) is 11.6. The number of aliphatic carboxylic acids is 1. The molecule has 3 aromatic rings. The van der Waals surface area contributed by atoms with Crippen LogP contribution in [0.15, 0.2) is 36.4 Å². The number of carbonyl (C=O) groups is 1. The Balaban J connectivity index is 1.65. The van der Waals surface area contributed by atoms with E-state index in [4.69, 9.17) is 14.6 Å². The van der Waals surface area contributed by atoms with Crippen LogP contribution in [0, 0.1) is 27.7 Å². The van der Waals surface area contributed by atoms with Gasteiger partial charge < -0.3 is 19.7 Å². The van der Waals surface area contributed by atoms with Gasteiger partial charge in [0, 0.05) is 11.8 Å². The van der Waals surface area contributed by atoms with Crippen molar-refractivity contribution in [3.63, 3.8) is 0 Å². The second-order valence-corrected chi connectivity index (χ2v) is 9.05. The average Bonchev–Trinajstić information content (AvgIpc) is 2.80. The summed E-state index contributed by atoms with van der Waals surface area (Å²) in [6.45, 7) is 8.36. The zero-order valence-corrected chi connectivity index (χ0v) is 19.8. The molecule has 0 amide bonds. The first kappa shape index (κ1) is 23.1. The Hall–Kier alpha value is -3.05. The number of carboxylic acids is 1. The van der Waals surface area contributed by atoms with E-state index in [1.807, 2.05) is 31.2 Å². The third-order valence-electron chi connectivity index (χ3n) is 6.96. The van der Waals surface area contributed by atoms with Gasteiger partial charge in [-0.3, -0.25) is 4.79 Å². The van der Waals surface area contributed by atoms with Gasteiger partial charge in [0.1, 0.15) is 17.6 Å². The number of aryl methyl sites for hydroxylation is 4. The van der Waals surface area contributed by atoms with Crippen LogP contribution < -0.4 is 9.47 Å². The van der Waals surface area contributed by atoms with Crippen molar-refractivity contribution in [2.24, 2.45) is 0 Å². The highest BCUT2D eigenvalue weighted by Crippen LogP contribution is 2.39. The summed E-state index contributed by atoms with van der Waals surface area (Å²) in [5.74, 6) is 0.743. The molecule has 5 nitrogen and oxygen atoms in total. The zero-order chi connectivity index (χ0) is 23.7. The molecule has 0 saturated heterocycles. The summed E-state index contributed by atoms with van der Waals surface area (Å²) in [7, 11) is 0. The third-order valence-corrected chi connectivity index (χ3v) is 6.96. The number of aliphatic hydroxyl groups is 1. The van der Waals surface area contributed by atoms with Gasteiger partial charge in [-0.05, 0) is 85.4 Å². The number of rotatable bonds is 7. The van der Waals surface area contributed by atoms with E-state index in [-0.39, 0.29) is 19.1 Å². The molecular weight excluding hydrogens is 416 g/mol. The minimum Gasteiger partial charge on any atom is -0.492 e. The van der Waals surface area contributed by atoms with Gasteiger partial charge >= 0.3 is 5.97 Å². The van der Waals surface area contributed by atoms with E-state index in [1.165, 1.54) is 5.56 Å². The van der Waals surface area contributed by atoms with E-state index in [1.54, 1.807) is 0 Å². The molecule has 0 aliphatic carbocycles. The van der Waals surface area contributed by atoms with Crippen LogP contribution in [-0.2, 0) is 17.6 Å². The fraction of sp³-hybridized carbons (Fsp3) is 0.393. The maximum atomic E-state index is 11.1. The fourth-order valence-corrected chi connectivity index (χ4v) is 4.92. The van der Waals surface area contributed by atoms with Crippen LogP contribution in [0.5, 0.6) is 11.5 Å². The van der Waals surface area contributed by atoms with Gasteiger partial charge in [0.25, 0.3) is 0 Å². The van der Waals surface area contributed by atoms with Crippen molar-refractivity contribution in [1.82, 2.24) is 0 Å². The van der Waals surface area contributed by atoms with Gasteiger partial charge in [0.05, 0.1) is 19.1 Å². The smallest absolute Gasteiger partial charge is 0.306 e. The van der Waals surface area contributed by atoms with Gasteiger partial charge in [-0.25, -0.2) is 0 Å². The van der Waals surface area contributed by atoms with Crippen molar-refractivity contribution in [1.29, 1.82) is 0 Å². The molecule has 2 N–H and O–H groups in total. The highest BCUT2D eigenvalue weighted by molar-refractivity contribution is 5.96. The van der Waals surface area contributed by atoms with E-state index >= 15 is 0 Å². The van der Waals surface area contributed by atoms with Gasteiger partial charge in [-0.2, -0.15) is 0 Å². The third kappa shape index (κ3) is 4.55. The zero-order valence-electron chi connectivity index (χ0n) is 19.8. The Kier molecular flexibility index (Phi) is 6.61. The van der Waals surface area contributed by atoms with Crippen LogP contribution in [0.3, 0.4) is 0 Å². The summed E-state index contributed by atoms with van der Waals surface area (Å²) in [5, 5.41) is 22.2. The maximum Gasteiger partial charge on any atom is 0.306 e. The summed E-state index contributed by atoms with van der Waals surface area (Å²) < 4.78 is 12.1. The minimum absolute atomic E-state index is 0.0400. The Bertz CT molecular complexity index is 1200. The molecule has 0 fully saturated rings. The van der Waals surface area contributed by atoms with Crippen molar-refractivity contribution in [3.05, 3.63) is 69.8 Å². The number of para-hydroxylation sites is 1. The minimum atomic E-state index is -0.874. The first-order valence-electron chi connectivity index (χ1n) is 11.6. The number of carboxylic acid groups (broad SMARTS) is 1. The number of ether oxygens (including phenoxy) is 2. The van der Waals surface area contributed by atoms with E-state index in [9.17, 15) is 9.90 Å². The first-order chi connectivity index (χ1) is 15.8. The molecule has 0 bridgehead atoms. The van der Waals surface area contributed by atoms with Crippen molar-refractivity contribution in [2.45, 2.75) is 65.6 Å². The lowest BCUT2D eigenvalue weighted by Crippen LogP contribution is -2.36. The largest absolute Gasteiger partial charge is 0.492 e. The van der Waals surface area contributed by atoms with Crippen LogP contribution in [-0.4, -0.2) is 35.0 Å². The predicted molar refractivity (Wildman–Crippen MR) is 130 cm³/mol. The Morgan fingerprint density at radius 2 is 1.85 bits per heavy atom. The lowest BCUT2D eigenvalue weighted by Gasteiger charge is -2.30. The summed E-state index contributed by atoms with van der Waals surface area (Å²) in [6, 6.07) is 12.1. The summed E-state index contributed by atoms with van der Waals surface area (Å²) in [4.78, 5) is 10.9. The van der Waals surface area contributed by atoms with Gasteiger partial charge in [0.15, 0.2) is 0 Å². The second-order valence-electron chi connectivity index (χ2n) is 9.05. The van der Waals surface area contributed by atoms with Crippen LogP contribution in [0.2, 0.25) is 0 Å². The molecule has 1 unspecified atom stereocenters. The molecule has 1 aliphatic rings. The van der Waals surface area contributed by atoms with Gasteiger partial charge in [0.2, 0.25) is 0 Å². The molecule has 33 heavy (non-hydrogen) atoms. The average molecular weight is 449 g/mol. The Labute approximate surface area is 195 Å². The molecular formula is C28H32O5. The van der Waals surface area contributed by atoms with Gasteiger partial charge in [-0.1, -0.05) is 30.3 Å². The van der Waals surface area contributed by atoms with Crippen LogP contribution in [0.1, 0.15) is 46.2 Å². The van der Waals surface area contributed by atoms with E-state index in [0.717, 1.165) is 62.9 Å². The fourth-order valence-electron chi connectivity index (χ4n) is 4.92. The standard InChI is InChI=1S/C28H32O5/c1-16-9-11-21-19(4)22(17(2)18(3)27(21)28(16)32-14-13-26(30)31)15-23(29)25-12-10-20-7-5-6-8-24(20)33-25/h5-9,11,23,25,29H,10,12-15H2,1-4H3,(H,30,31)/t23?,25-/m1/s1. The van der Waals surface area contributed by atoms with Crippen LogP contribution in [0.4, 0.5) is 0 Å². The lowest BCUT2D eigenvalue weighted by atomic mass is 9.86. The summed E-state index contributed by atoms with van der Waals surface area (Å²) >= 11 is 0. The SMILES string of the molecule is Cc1ccc2c(C)c(CC(O)[C@H]3CCc4ccccc4O3)c(C)c(C)c2c1OCCC(=O)O. The molecule has 0 radical (unpaired) electrons. The molecule has 174 valence electrons. The molecule has 3 aromatic carbocycles. The molecule has 5 heteroatoms. The highest BCUT2D eigenvalue weighted by atomic mass is 16.5. The molecule has 4 rings (SSSR count). The molecule has 1 aliphatic heterocycles. The number of benzene rings is 3. The van der Waals surface area contributed by atoms with E-state index in [0.29, 0.717) is 6.42 Å². The van der Waals surface area contributed by atoms with Crippen LogP contribution >= 0.6 is 0 Å². The maximum absolute atomic E-state index is 11.1. The quantitative estimate of drug-likeness (QED) is 0.518. The summed E-state index contributed by atoms with van der Waals surface area (Å²) in [5.41, 5.74) is 6.66. The molecule has 0 aromatic heterocycles. The van der Waals surface area contributed by atoms with Crippen molar-refractivity contribution >= 4 is 16.7 Å². The van der Waals surface area contributed by atoms with Crippen molar-refractivity contribution in [3.8, 4) is 11.5 Å². The normalized spacial score (nSPS) is 16.2. The lowest BCUT2D eigenvalue weighted by molar-refractivity contribution is -0.137. The molecule has 0 spiro atoms. The predicted octanol–water partition coefficient (Wildman–Crippen LogP) is 5.22. The van der Waals surface area contributed by atoms with Crippen LogP contribution in [0.25, 0.3) is 10.8 Å². The van der Waals surface area contributed by atoms with E-state index < -0.39 is 12.1 Å². The number of hydrogen-bond acceptors (Lipinski definition) is 4. The van der Waals surface area contributed by atoms with Gasteiger partial charge in [-0.15, -0.1) is 0 Å². The van der Waals surface area contributed by atoms with Crippen molar-refractivity contribution < 1.29 is 24.5 Å². The number of aliphatic hydroxyl groups excluding tert-OH is 1. The number of fused-ring (bicyclic) bond motifs is 2. The molecule has 1 heterocycles. The Morgan fingerprint density at radius 1 is 1.09 bits per heavy atom. The highest BCUT2D eigenvalue weighted by Gasteiger charge is 2.28.